The second-order valence-electron chi connectivity index (χ2n) is 4.59. The van der Waals surface area contributed by atoms with Crippen LogP contribution in [0.15, 0.2) is 29.4 Å². The van der Waals surface area contributed by atoms with Crippen LogP contribution in [-0.4, -0.2) is 34.4 Å². The molecule has 8 heteroatoms. The van der Waals surface area contributed by atoms with Crippen molar-refractivity contribution in [3.8, 4) is 0 Å². The van der Waals surface area contributed by atoms with Crippen LogP contribution in [0, 0.1) is 6.92 Å². The summed E-state index contributed by atoms with van der Waals surface area (Å²) in [4.78, 5) is 4.16. The monoisotopic (exact) mass is 309 g/mol. The molecule has 21 heavy (non-hydrogen) atoms. The fourth-order valence-corrected chi connectivity index (χ4v) is 3.64. The average Bonchev–Trinajstić information content (AvgIpc) is 2.87. The number of aryl methyl sites for hydroxylation is 1. The first-order valence-electron chi connectivity index (χ1n) is 6.64. The summed E-state index contributed by atoms with van der Waals surface area (Å²) in [6.07, 6.45) is 1.64. The van der Waals surface area contributed by atoms with Crippen LogP contribution in [0.1, 0.15) is 23.9 Å². The van der Waals surface area contributed by atoms with E-state index in [0.29, 0.717) is 23.5 Å². The van der Waals surface area contributed by atoms with Crippen LogP contribution in [0.25, 0.3) is 0 Å². The molecule has 2 heterocycles. The Morgan fingerprint density at radius 3 is 2.71 bits per heavy atom. The minimum absolute atomic E-state index is 0.000260. The van der Waals surface area contributed by atoms with Crippen LogP contribution >= 0.6 is 0 Å². The van der Waals surface area contributed by atoms with E-state index in [0.717, 1.165) is 0 Å². The Hall–Kier alpha value is -1.77. The Labute approximate surface area is 124 Å². The van der Waals surface area contributed by atoms with Crippen molar-refractivity contribution in [2.45, 2.75) is 32.0 Å². The molecule has 114 valence electrons. The van der Waals surface area contributed by atoms with Gasteiger partial charge in [0.1, 0.15) is 0 Å². The van der Waals surface area contributed by atoms with Gasteiger partial charge in [-0.05, 0) is 19.1 Å². The highest BCUT2D eigenvalue weighted by Gasteiger charge is 2.29. The number of hydrogen-bond acceptors (Lipinski definition) is 5. The summed E-state index contributed by atoms with van der Waals surface area (Å²) < 4.78 is 26.8. The summed E-state index contributed by atoms with van der Waals surface area (Å²) in [6.45, 7) is 4.19. The van der Waals surface area contributed by atoms with Crippen LogP contribution in [0.4, 0.5) is 0 Å². The molecular weight excluding hydrogens is 290 g/mol. The largest absolute Gasteiger partial charge is 0.326 e. The smallest absolute Gasteiger partial charge is 0.263 e. The topological polar surface area (TPSA) is 105 Å². The fraction of sp³-hybridized carbons (Fsp3) is 0.385. The standard InChI is InChI=1S/C13H19N5O2S/c1-3-18(9-11-6-4-5-7-15-11)21(19,20)13-12(8-14)10(2)16-17-13/h4-7H,3,8-9,14H2,1-2H3,(H,16,17). The predicted molar refractivity (Wildman–Crippen MR) is 78.7 cm³/mol. The molecule has 0 aliphatic heterocycles. The molecule has 0 spiro atoms. The summed E-state index contributed by atoms with van der Waals surface area (Å²) in [7, 11) is -3.70. The minimum atomic E-state index is -3.70. The van der Waals surface area contributed by atoms with Gasteiger partial charge >= 0.3 is 0 Å². The highest BCUT2D eigenvalue weighted by molar-refractivity contribution is 7.89. The number of H-pyrrole nitrogens is 1. The van der Waals surface area contributed by atoms with E-state index in [1.807, 2.05) is 6.07 Å². The van der Waals surface area contributed by atoms with Gasteiger partial charge in [0.2, 0.25) is 0 Å². The maximum atomic E-state index is 12.7. The Kier molecular flexibility index (Phi) is 4.71. The first kappa shape index (κ1) is 15.6. The van der Waals surface area contributed by atoms with E-state index in [1.165, 1.54) is 4.31 Å². The molecule has 3 N–H and O–H groups in total. The Balaban J connectivity index is 2.36. The second-order valence-corrected chi connectivity index (χ2v) is 6.44. The van der Waals surface area contributed by atoms with Crippen LogP contribution in [0.3, 0.4) is 0 Å². The number of hydrogen-bond donors (Lipinski definition) is 2. The van der Waals surface area contributed by atoms with Gasteiger partial charge in [-0.15, -0.1) is 0 Å². The zero-order chi connectivity index (χ0) is 15.5. The maximum absolute atomic E-state index is 12.7. The van der Waals surface area contributed by atoms with Gasteiger partial charge in [0.15, 0.2) is 5.03 Å². The average molecular weight is 309 g/mol. The third-order valence-electron chi connectivity index (χ3n) is 3.24. The van der Waals surface area contributed by atoms with Gasteiger partial charge in [-0.1, -0.05) is 13.0 Å². The molecule has 0 saturated carbocycles. The van der Waals surface area contributed by atoms with Crippen molar-refractivity contribution in [3.05, 3.63) is 41.3 Å². The lowest BCUT2D eigenvalue weighted by Crippen LogP contribution is -2.32. The van der Waals surface area contributed by atoms with Crippen molar-refractivity contribution >= 4 is 10.0 Å². The predicted octanol–water partition coefficient (Wildman–Crippen LogP) is 0.783. The van der Waals surface area contributed by atoms with Crippen molar-refractivity contribution in [2.24, 2.45) is 5.73 Å². The Morgan fingerprint density at radius 2 is 2.14 bits per heavy atom. The molecule has 0 atom stereocenters. The van der Waals surface area contributed by atoms with Gasteiger partial charge in [-0.25, -0.2) is 8.42 Å². The first-order chi connectivity index (χ1) is 10.0. The van der Waals surface area contributed by atoms with Crippen LogP contribution in [-0.2, 0) is 23.1 Å². The number of nitrogens with one attached hydrogen (secondary N) is 1. The number of aromatic nitrogens is 3. The van der Waals surface area contributed by atoms with E-state index >= 15 is 0 Å². The fourth-order valence-electron chi connectivity index (χ4n) is 2.05. The molecule has 0 saturated heterocycles. The molecule has 0 unspecified atom stereocenters. The molecule has 0 aromatic carbocycles. The molecule has 0 aliphatic carbocycles. The van der Waals surface area contributed by atoms with E-state index in [4.69, 9.17) is 5.73 Å². The molecule has 7 nitrogen and oxygen atoms in total. The highest BCUT2D eigenvalue weighted by Crippen LogP contribution is 2.21. The second kappa shape index (κ2) is 6.33. The third-order valence-corrected chi connectivity index (χ3v) is 5.14. The van der Waals surface area contributed by atoms with Crippen LogP contribution in [0.5, 0.6) is 0 Å². The molecule has 0 aliphatic rings. The lowest BCUT2D eigenvalue weighted by Gasteiger charge is -2.19. The number of nitrogens with zero attached hydrogens (tertiary/aromatic N) is 3. The molecule has 0 bridgehead atoms. The van der Waals surface area contributed by atoms with E-state index in [2.05, 4.69) is 15.2 Å². The molecule has 2 rings (SSSR count). The van der Waals surface area contributed by atoms with Crippen molar-refractivity contribution in [2.75, 3.05) is 6.54 Å². The normalized spacial score (nSPS) is 12.0. The molecule has 0 fully saturated rings. The Morgan fingerprint density at radius 1 is 1.38 bits per heavy atom. The lowest BCUT2D eigenvalue weighted by atomic mass is 10.3. The number of rotatable bonds is 6. The van der Waals surface area contributed by atoms with Crippen molar-refractivity contribution in [1.29, 1.82) is 0 Å². The minimum Gasteiger partial charge on any atom is -0.326 e. The van der Waals surface area contributed by atoms with Crippen molar-refractivity contribution < 1.29 is 8.42 Å². The van der Waals surface area contributed by atoms with E-state index in [-0.39, 0.29) is 18.1 Å². The SMILES string of the molecule is CCN(Cc1ccccn1)S(=O)(=O)c1n[nH]c(C)c1CN. The molecule has 0 radical (unpaired) electrons. The van der Waals surface area contributed by atoms with E-state index < -0.39 is 10.0 Å². The molecule has 2 aromatic heterocycles. The summed E-state index contributed by atoms with van der Waals surface area (Å²) in [5.74, 6) is 0. The van der Waals surface area contributed by atoms with Crippen LogP contribution < -0.4 is 5.73 Å². The number of sulfonamides is 1. The lowest BCUT2D eigenvalue weighted by molar-refractivity contribution is 0.416. The molecule has 2 aromatic rings. The zero-order valence-corrected chi connectivity index (χ0v) is 12.9. The van der Waals surface area contributed by atoms with Crippen LogP contribution in [0.2, 0.25) is 0 Å². The highest BCUT2D eigenvalue weighted by atomic mass is 32.2. The number of nitrogens with two attached hydrogens (primary N) is 1. The van der Waals surface area contributed by atoms with Gasteiger partial charge in [0, 0.05) is 30.5 Å². The summed E-state index contributed by atoms with van der Waals surface area (Å²) in [5.41, 5.74) is 7.51. The van der Waals surface area contributed by atoms with Crippen molar-refractivity contribution in [1.82, 2.24) is 19.5 Å². The van der Waals surface area contributed by atoms with E-state index in [9.17, 15) is 8.42 Å². The zero-order valence-electron chi connectivity index (χ0n) is 12.1. The quantitative estimate of drug-likeness (QED) is 0.820. The first-order valence-corrected chi connectivity index (χ1v) is 8.08. The van der Waals surface area contributed by atoms with Crippen molar-refractivity contribution in [3.63, 3.8) is 0 Å². The van der Waals surface area contributed by atoms with Gasteiger partial charge in [-0.3, -0.25) is 10.1 Å². The molecule has 0 amide bonds. The molecular formula is C13H19N5O2S. The van der Waals surface area contributed by atoms with Gasteiger partial charge < -0.3 is 5.73 Å². The third kappa shape index (κ3) is 3.12. The van der Waals surface area contributed by atoms with Gasteiger partial charge in [0.25, 0.3) is 10.0 Å². The summed E-state index contributed by atoms with van der Waals surface area (Å²) >= 11 is 0. The van der Waals surface area contributed by atoms with Gasteiger partial charge in [-0.2, -0.15) is 9.40 Å². The number of aromatic amines is 1. The maximum Gasteiger partial charge on any atom is 0.263 e. The van der Waals surface area contributed by atoms with Gasteiger partial charge in [0.05, 0.1) is 12.2 Å². The number of pyridine rings is 1. The summed E-state index contributed by atoms with van der Waals surface area (Å²) in [6, 6.07) is 5.41. The Bertz CT molecular complexity index is 697. The van der Waals surface area contributed by atoms with E-state index in [1.54, 1.807) is 32.2 Å². The summed E-state index contributed by atoms with van der Waals surface area (Å²) in [5, 5.41) is 6.60.